The first-order chi connectivity index (χ1) is 13.8. The summed E-state index contributed by atoms with van der Waals surface area (Å²) < 4.78 is 12.8. The van der Waals surface area contributed by atoms with E-state index in [0.717, 1.165) is 19.6 Å². The quantitative estimate of drug-likeness (QED) is 0.191. The molecule has 1 fully saturated rings. The fourth-order valence-electron chi connectivity index (χ4n) is 3.61. The van der Waals surface area contributed by atoms with Gasteiger partial charge in [-0.25, -0.2) is 0 Å². The van der Waals surface area contributed by atoms with Crippen molar-refractivity contribution < 1.29 is 9.47 Å². The Morgan fingerprint density at radius 3 is 2.29 bits per heavy atom. The van der Waals surface area contributed by atoms with E-state index in [9.17, 15) is 0 Å². The third-order valence-electron chi connectivity index (χ3n) is 5.24. The lowest BCUT2D eigenvalue weighted by Crippen LogP contribution is -2.22. The maximum Gasteiger partial charge on any atom is 0.157 e. The smallest absolute Gasteiger partial charge is 0.157 e. The highest BCUT2D eigenvalue weighted by atomic mass is 127. The first-order valence-electron chi connectivity index (χ1n) is 10.9. The Hall–Kier alpha value is 0.0500. The van der Waals surface area contributed by atoms with Gasteiger partial charge in [0.05, 0.1) is 2.88 Å². The molecular formula is C23H33IO2S2. The molecule has 0 amide bonds. The van der Waals surface area contributed by atoms with E-state index in [0.29, 0.717) is 0 Å². The van der Waals surface area contributed by atoms with Crippen LogP contribution in [0.25, 0.3) is 9.75 Å². The third-order valence-corrected chi connectivity index (χ3v) is 8.47. The molecule has 1 aliphatic heterocycles. The number of unbranched alkanes of at least 4 members (excludes halogenated alkanes) is 7. The minimum Gasteiger partial charge on any atom is -0.353 e. The first kappa shape index (κ1) is 22.7. The van der Waals surface area contributed by atoms with Gasteiger partial charge in [-0.1, -0.05) is 38.5 Å². The van der Waals surface area contributed by atoms with Crippen molar-refractivity contribution in [2.24, 2.45) is 0 Å². The molecular weight excluding hydrogens is 499 g/mol. The molecule has 0 radical (unpaired) electrons. The van der Waals surface area contributed by atoms with Crippen LogP contribution in [-0.4, -0.2) is 19.5 Å². The number of hydrogen-bond donors (Lipinski definition) is 0. The van der Waals surface area contributed by atoms with Gasteiger partial charge in [0.25, 0.3) is 0 Å². The molecule has 28 heavy (non-hydrogen) atoms. The fourth-order valence-corrected chi connectivity index (χ4v) is 6.37. The Balaban J connectivity index is 1.13. The van der Waals surface area contributed by atoms with E-state index in [1.165, 1.54) is 83.3 Å². The zero-order valence-corrected chi connectivity index (χ0v) is 20.6. The van der Waals surface area contributed by atoms with E-state index < -0.39 is 0 Å². The number of aryl methyl sites for hydroxylation is 1. The van der Waals surface area contributed by atoms with Crippen LogP contribution >= 0.6 is 45.3 Å². The minimum atomic E-state index is 0.0854. The molecule has 1 aliphatic rings. The molecule has 3 rings (SSSR count). The predicted octanol–water partition coefficient (Wildman–Crippen LogP) is 8.29. The highest BCUT2D eigenvalue weighted by Gasteiger charge is 2.13. The molecule has 0 spiro atoms. The second-order valence-corrected chi connectivity index (χ2v) is 11.8. The topological polar surface area (TPSA) is 18.5 Å². The van der Waals surface area contributed by atoms with E-state index in [4.69, 9.17) is 9.47 Å². The predicted molar refractivity (Wildman–Crippen MR) is 131 cm³/mol. The fraction of sp³-hybridized carbons (Fsp3) is 0.652. The van der Waals surface area contributed by atoms with Crippen molar-refractivity contribution in [3.63, 3.8) is 0 Å². The number of rotatable bonds is 13. The zero-order chi connectivity index (χ0) is 19.4. The molecule has 0 N–H and O–H groups in total. The molecule has 2 nitrogen and oxygen atoms in total. The molecule has 2 aromatic rings. The minimum absolute atomic E-state index is 0.0854. The number of thiophene rings is 2. The van der Waals surface area contributed by atoms with Gasteiger partial charge in [0.1, 0.15) is 0 Å². The van der Waals surface area contributed by atoms with Crippen LogP contribution in [0.4, 0.5) is 0 Å². The summed E-state index contributed by atoms with van der Waals surface area (Å²) in [6, 6.07) is 9.08. The molecule has 0 aromatic carbocycles. The van der Waals surface area contributed by atoms with Crippen molar-refractivity contribution in [1.82, 2.24) is 0 Å². The van der Waals surface area contributed by atoms with Gasteiger partial charge >= 0.3 is 0 Å². The lowest BCUT2D eigenvalue weighted by Gasteiger charge is -2.22. The van der Waals surface area contributed by atoms with Crippen LogP contribution in [0.5, 0.6) is 0 Å². The third kappa shape index (κ3) is 8.42. The van der Waals surface area contributed by atoms with Crippen LogP contribution in [0.1, 0.15) is 75.5 Å². The molecule has 2 aromatic heterocycles. The van der Waals surface area contributed by atoms with E-state index in [-0.39, 0.29) is 6.29 Å². The second-order valence-electron chi connectivity index (χ2n) is 7.62. The van der Waals surface area contributed by atoms with Crippen molar-refractivity contribution >= 4 is 45.3 Å². The van der Waals surface area contributed by atoms with Crippen LogP contribution in [0, 0.1) is 2.88 Å². The van der Waals surface area contributed by atoms with Gasteiger partial charge in [0, 0.05) is 27.8 Å². The highest BCUT2D eigenvalue weighted by molar-refractivity contribution is 14.1. The normalized spacial score (nSPS) is 17.2. The van der Waals surface area contributed by atoms with Crippen molar-refractivity contribution in [1.29, 1.82) is 0 Å². The summed E-state index contributed by atoms with van der Waals surface area (Å²) in [6.07, 6.45) is 15.5. The van der Waals surface area contributed by atoms with Crippen LogP contribution in [0.2, 0.25) is 0 Å². The molecule has 3 heterocycles. The van der Waals surface area contributed by atoms with Gasteiger partial charge < -0.3 is 9.47 Å². The average molecular weight is 533 g/mol. The maximum atomic E-state index is 5.79. The summed E-state index contributed by atoms with van der Waals surface area (Å²) in [7, 11) is 0. The number of ether oxygens (including phenoxy) is 2. The summed E-state index contributed by atoms with van der Waals surface area (Å²) in [5, 5.41) is 0. The van der Waals surface area contributed by atoms with Gasteiger partial charge in [0.15, 0.2) is 6.29 Å². The molecule has 156 valence electrons. The van der Waals surface area contributed by atoms with Gasteiger partial charge in [0.2, 0.25) is 0 Å². The molecule has 0 bridgehead atoms. The molecule has 0 saturated carbocycles. The summed E-state index contributed by atoms with van der Waals surface area (Å²) in [5.74, 6) is 0. The van der Waals surface area contributed by atoms with Crippen LogP contribution < -0.4 is 0 Å². The Morgan fingerprint density at radius 2 is 1.57 bits per heavy atom. The van der Waals surface area contributed by atoms with Crippen molar-refractivity contribution in [2.45, 2.75) is 83.3 Å². The molecule has 1 unspecified atom stereocenters. The van der Waals surface area contributed by atoms with Crippen LogP contribution in [0.15, 0.2) is 24.3 Å². The van der Waals surface area contributed by atoms with Crippen LogP contribution in [-0.2, 0) is 15.9 Å². The average Bonchev–Trinajstić information content (AvgIpc) is 3.36. The summed E-state index contributed by atoms with van der Waals surface area (Å²) in [4.78, 5) is 4.39. The Morgan fingerprint density at radius 1 is 0.857 bits per heavy atom. The van der Waals surface area contributed by atoms with Gasteiger partial charge in [-0.05, 0) is 85.4 Å². The first-order valence-corrected chi connectivity index (χ1v) is 13.6. The Kier molecular flexibility index (Phi) is 10.9. The van der Waals surface area contributed by atoms with Gasteiger partial charge in [-0.2, -0.15) is 0 Å². The summed E-state index contributed by atoms with van der Waals surface area (Å²) in [6.45, 7) is 1.75. The van der Waals surface area contributed by atoms with E-state index in [1.807, 2.05) is 22.7 Å². The molecule has 1 saturated heterocycles. The SMILES string of the molecule is Ic1ccc(-c2ccc(CCCCCCCCCCOC3CCCCO3)s2)s1. The Labute approximate surface area is 192 Å². The summed E-state index contributed by atoms with van der Waals surface area (Å²) >= 11 is 6.27. The standard InChI is InChI=1S/C23H33IO2S2/c24-22-16-15-21(28-22)20-14-13-19(27-20)11-7-5-3-1-2-4-6-9-17-25-23-12-8-10-18-26-23/h13-16,23H,1-12,17-18H2. The largest absolute Gasteiger partial charge is 0.353 e. The van der Waals surface area contributed by atoms with Gasteiger partial charge in [-0.3, -0.25) is 0 Å². The molecule has 1 atom stereocenters. The highest BCUT2D eigenvalue weighted by Crippen LogP contribution is 2.34. The summed E-state index contributed by atoms with van der Waals surface area (Å²) in [5.41, 5.74) is 0. The molecule has 0 aliphatic carbocycles. The van der Waals surface area contributed by atoms with E-state index in [2.05, 4.69) is 46.9 Å². The Bertz CT molecular complexity index is 661. The number of hydrogen-bond acceptors (Lipinski definition) is 4. The monoisotopic (exact) mass is 532 g/mol. The van der Waals surface area contributed by atoms with Crippen molar-refractivity contribution in [2.75, 3.05) is 13.2 Å². The van der Waals surface area contributed by atoms with Crippen molar-refractivity contribution in [3.05, 3.63) is 32.0 Å². The lowest BCUT2D eigenvalue weighted by atomic mass is 10.1. The maximum absolute atomic E-state index is 5.79. The van der Waals surface area contributed by atoms with Crippen molar-refractivity contribution in [3.8, 4) is 9.75 Å². The second kappa shape index (κ2) is 13.4. The van der Waals surface area contributed by atoms with E-state index in [1.54, 1.807) is 4.88 Å². The molecule has 5 heteroatoms. The van der Waals surface area contributed by atoms with Crippen LogP contribution in [0.3, 0.4) is 0 Å². The lowest BCUT2D eigenvalue weighted by molar-refractivity contribution is -0.162. The number of halogens is 1. The zero-order valence-electron chi connectivity index (χ0n) is 16.8. The van der Waals surface area contributed by atoms with Gasteiger partial charge in [-0.15, -0.1) is 22.7 Å². The van der Waals surface area contributed by atoms with E-state index >= 15 is 0 Å².